The molecule has 0 saturated carbocycles. The Kier molecular flexibility index (Phi) is 3.84. The standard InChI is InChI=1S/C13H21N3O/c1-10-9-17-8-6-11(10)15-12-5-4-7-14-13(12)16(2)3/h4-5,7,10-11,15H,6,8-9H2,1-3H3. The van der Waals surface area contributed by atoms with Gasteiger partial charge in [-0.15, -0.1) is 0 Å². The maximum atomic E-state index is 5.46. The molecule has 1 aromatic rings. The van der Waals surface area contributed by atoms with Crippen LogP contribution < -0.4 is 10.2 Å². The molecule has 1 aliphatic heterocycles. The van der Waals surface area contributed by atoms with Gasteiger partial charge in [0, 0.05) is 32.9 Å². The molecule has 0 bridgehead atoms. The molecule has 0 radical (unpaired) electrons. The van der Waals surface area contributed by atoms with E-state index in [0.717, 1.165) is 31.1 Å². The largest absolute Gasteiger partial charge is 0.381 e. The van der Waals surface area contributed by atoms with Crippen molar-refractivity contribution in [1.82, 2.24) is 4.98 Å². The van der Waals surface area contributed by atoms with E-state index in [1.165, 1.54) is 0 Å². The number of rotatable bonds is 3. The minimum atomic E-state index is 0.478. The summed E-state index contributed by atoms with van der Waals surface area (Å²) in [6.45, 7) is 3.91. The topological polar surface area (TPSA) is 37.4 Å². The normalized spacial score (nSPS) is 24.4. The monoisotopic (exact) mass is 235 g/mol. The van der Waals surface area contributed by atoms with Crippen molar-refractivity contribution in [3.63, 3.8) is 0 Å². The Hall–Kier alpha value is -1.29. The van der Waals surface area contributed by atoms with Crippen LogP contribution in [0.25, 0.3) is 0 Å². The molecule has 1 N–H and O–H groups in total. The van der Waals surface area contributed by atoms with Gasteiger partial charge in [0.25, 0.3) is 0 Å². The number of anilines is 2. The average Bonchev–Trinajstić information content (AvgIpc) is 2.32. The van der Waals surface area contributed by atoms with Crippen molar-refractivity contribution in [2.45, 2.75) is 19.4 Å². The number of nitrogens with zero attached hydrogens (tertiary/aromatic N) is 2. The Bertz CT molecular complexity index is 367. The van der Waals surface area contributed by atoms with E-state index < -0.39 is 0 Å². The Morgan fingerprint density at radius 1 is 1.47 bits per heavy atom. The first-order valence-electron chi connectivity index (χ1n) is 6.15. The number of hydrogen-bond acceptors (Lipinski definition) is 4. The van der Waals surface area contributed by atoms with E-state index in [-0.39, 0.29) is 0 Å². The van der Waals surface area contributed by atoms with Gasteiger partial charge in [-0.2, -0.15) is 0 Å². The zero-order chi connectivity index (χ0) is 12.3. The number of ether oxygens (including phenoxy) is 1. The van der Waals surface area contributed by atoms with Crippen molar-refractivity contribution in [2.24, 2.45) is 5.92 Å². The van der Waals surface area contributed by atoms with Gasteiger partial charge in [-0.1, -0.05) is 6.92 Å². The second-order valence-electron chi connectivity index (χ2n) is 4.86. The maximum absolute atomic E-state index is 5.46. The molecule has 0 aromatic carbocycles. The number of pyridine rings is 1. The fraction of sp³-hybridized carbons (Fsp3) is 0.615. The summed E-state index contributed by atoms with van der Waals surface area (Å²) in [4.78, 5) is 6.43. The van der Waals surface area contributed by atoms with Crippen LogP contribution in [0.2, 0.25) is 0 Å². The highest BCUT2D eigenvalue weighted by atomic mass is 16.5. The highest BCUT2D eigenvalue weighted by molar-refractivity contribution is 5.65. The summed E-state index contributed by atoms with van der Waals surface area (Å²) in [5.41, 5.74) is 1.11. The van der Waals surface area contributed by atoms with Crippen LogP contribution in [0, 0.1) is 5.92 Å². The molecule has 0 spiro atoms. The van der Waals surface area contributed by atoms with Crippen molar-refractivity contribution in [3.05, 3.63) is 18.3 Å². The van der Waals surface area contributed by atoms with Crippen LogP contribution in [0.4, 0.5) is 11.5 Å². The lowest BCUT2D eigenvalue weighted by atomic mass is 9.97. The van der Waals surface area contributed by atoms with E-state index in [1.54, 1.807) is 0 Å². The van der Waals surface area contributed by atoms with Crippen molar-refractivity contribution < 1.29 is 4.74 Å². The zero-order valence-corrected chi connectivity index (χ0v) is 10.8. The first-order chi connectivity index (χ1) is 8.18. The molecule has 1 aliphatic rings. The van der Waals surface area contributed by atoms with Crippen LogP contribution in [-0.2, 0) is 4.74 Å². The molecule has 0 amide bonds. The van der Waals surface area contributed by atoms with Crippen LogP contribution in [0.5, 0.6) is 0 Å². The van der Waals surface area contributed by atoms with Crippen LogP contribution in [0.3, 0.4) is 0 Å². The van der Waals surface area contributed by atoms with Gasteiger partial charge in [0.2, 0.25) is 0 Å². The Balaban J connectivity index is 2.12. The molecule has 4 heteroatoms. The lowest BCUT2D eigenvalue weighted by molar-refractivity contribution is 0.0538. The summed E-state index contributed by atoms with van der Waals surface area (Å²) < 4.78 is 5.46. The zero-order valence-electron chi connectivity index (χ0n) is 10.8. The second-order valence-corrected chi connectivity index (χ2v) is 4.86. The fourth-order valence-corrected chi connectivity index (χ4v) is 2.16. The number of nitrogens with one attached hydrogen (secondary N) is 1. The fourth-order valence-electron chi connectivity index (χ4n) is 2.16. The third-order valence-corrected chi connectivity index (χ3v) is 3.19. The van der Waals surface area contributed by atoms with Crippen molar-refractivity contribution in [3.8, 4) is 0 Å². The molecule has 17 heavy (non-hydrogen) atoms. The highest BCUT2D eigenvalue weighted by Crippen LogP contribution is 2.25. The lowest BCUT2D eigenvalue weighted by Gasteiger charge is -2.31. The van der Waals surface area contributed by atoms with Crippen LogP contribution in [-0.4, -0.2) is 38.3 Å². The quantitative estimate of drug-likeness (QED) is 0.869. The number of hydrogen-bond donors (Lipinski definition) is 1. The third kappa shape index (κ3) is 2.88. The first kappa shape index (κ1) is 12.2. The van der Waals surface area contributed by atoms with Gasteiger partial charge in [0.1, 0.15) is 0 Å². The molecule has 1 fully saturated rings. The smallest absolute Gasteiger partial charge is 0.151 e. The second kappa shape index (κ2) is 5.36. The summed E-state index contributed by atoms with van der Waals surface area (Å²) in [6.07, 6.45) is 2.89. The number of aromatic nitrogens is 1. The summed E-state index contributed by atoms with van der Waals surface area (Å²) in [5.74, 6) is 1.53. The molecule has 4 nitrogen and oxygen atoms in total. The average molecular weight is 235 g/mol. The van der Waals surface area contributed by atoms with Crippen LogP contribution >= 0.6 is 0 Å². The van der Waals surface area contributed by atoms with Crippen LogP contribution in [0.1, 0.15) is 13.3 Å². The summed E-state index contributed by atoms with van der Waals surface area (Å²) in [5, 5.41) is 3.60. The third-order valence-electron chi connectivity index (χ3n) is 3.19. The summed E-state index contributed by atoms with van der Waals surface area (Å²) in [7, 11) is 4.03. The van der Waals surface area contributed by atoms with E-state index in [1.807, 2.05) is 31.3 Å². The van der Waals surface area contributed by atoms with E-state index >= 15 is 0 Å². The Labute approximate surface area is 103 Å². The van der Waals surface area contributed by atoms with E-state index in [2.05, 4.69) is 23.3 Å². The maximum Gasteiger partial charge on any atom is 0.151 e. The molecule has 0 aliphatic carbocycles. The van der Waals surface area contributed by atoms with Crippen LogP contribution in [0.15, 0.2) is 18.3 Å². The predicted molar refractivity (Wildman–Crippen MR) is 70.6 cm³/mol. The molecule has 2 rings (SSSR count). The van der Waals surface area contributed by atoms with Gasteiger partial charge in [0.05, 0.1) is 12.3 Å². The van der Waals surface area contributed by atoms with Gasteiger partial charge < -0.3 is 15.0 Å². The predicted octanol–water partition coefficient (Wildman–Crippen LogP) is 1.98. The van der Waals surface area contributed by atoms with Gasteiger partial charge in [0.15, 0.2) is 5.82 Å². The molecule has 2 unspecified atom stereocenters. The Morgan fingerprint density at radius 3 is 3.00 bits per heavy atom. The van der Waals surface area contributed by atoms with Crippen molar-refractivity contribution in [2.75, 3.05) is 37.5 Å². The first-order valence-corrected chi connectivity index (χ1v) is 6.15. The molecule has 1 saturated heterocycles. The van der Waals surface area contributed by atoms with Gasteiger partial charge in [-0.25, -0.2) is 4.98 Å². The molecule has 2 heterocycles. The minimum Gasteiger partial charge on any atom is -0.381 e. The highest BCUT2D eigenvalue weighted by Gasteiger charge is 2.22. The minimum absolute atomic E-state index is 0.478. The molecule has 94 valence electrons. The molecule has 1 aromatic heterocycles. The molecular weight excluding hydrogens is 214 g/mol. The molecule has 2 atom stereocenters. The lowest BCUT2D eigenvalue weighted by Crippen LogP contribution is -2.36. The van der Waals surface area contributed by atoms with Crippen molar-refractivity contribution >= 4 is 11.5 Å². The van der Waals surface area contributed by atoms with E-state index in [0.29, 0.717) is 12.0 Å². The summed E-state index contributed by atoms with van der Waals surface area (Å²) >= 11 is 0. The summed E-state index contributed by atoms with van der Waals surface area (Å²) in [6, 6.07) is 4.54. The van der Waals surface area contributed by atoms with E-state index in [9.17, 15) is 0 Å². The van der Waals surface area contributed by atoms with Gasteiger partial charge in [-0.3, -0.25) is 0 Å². The van der Waals surface area contributed by atoms with Gasteiger partial charge >= 0.3 is 0 Å². The van der Waals surface area contributed by atoms with E-state index in [4.69, 9.17) is 4.74 Å². The molecular formula is C13H21N3O. The SMILES string of the molecule is CC1COCCC1Nc1cccnc1N(C)C. The van der Waals surface area contributed by atoms with Crippen molar-refractivity contribution in [1.29, 1.82) is 0 Å². The van der Waals surface area contributed by atoms with Gasteiger partial charge in [-0.05, 0) is 24.5 Å². The Morgan fingerprint density at radius 2 is 2.29 bits per heavy atom.